The predicted octanol–water partition coefficient (Wildman–Crippen LogP) is 4.95. The number of halogens is 1. The van der Waals surface area contributed by atoms with Crippen LogP contribution in [0, 0.1) is 11.8 Å². The zero-order chi connectivity index (χ0) is 31.7. The van der Waals surface area contributed by atoms with Gasteiger partial charge in [0.15, 0.2) is 5.76 Å². The van der Waals surface area contributed by atoms with Gasteiger partial charge < -0.3 is 30.2 Å². The molecule has 232 valence electrons. The number of methoxy groups -OCH3 is 1. The van der Waals surface area contributed by atoms with E-state index in [0.717, 1.165) is 5.57 Å². The number of hydrogen-bond acceptors (Lipinski definition) is 7. The van der Waals surface area contributed by atoms with Crippen molar-refractivity contribution in [1.29, 1.82) is 0 Å². The summed E-state index contributed by atoms with van der Waals surface area (Å²) in [5.74, 6) is -1.20. The zero-order valence-electron chi connectivity index (χ0n) is 25.4. The fraction of sp³-hybridized carbons (Fsp3) is 0.484. The van der Waals surface area contributed by atoms with Crippen molar-refractivity contribution >= 4 is 35.5 Å². The van der Waals surface area contributed by atoms with Gasteiger partial charge in [0.2, 0.25) is 11.8 Å². The number of hydrogen-bond donors (Lipinski definition) is 3. The average Bonchev–Trinajstić information content (AvgIpc) is 2.94. The molecule has 4 unspecified atom stereocenters. The number of ether oxygens (including phenoxy) is 3. The first-order valence-electron chi connectivity index (χ1n) is 13.8. The summed E-state index contributed by atoms with van der Waals surface area (Å²) in [5, 5.41) is 8.39. The summed E-state index contributed by atoms with van der Waals surface area (Å²) < 4.78 is 15.7. The molecule has 42 heavy (non-hydrogen) atoms. The first kappa shape index (κ1) is 36.2. The molecule has 0 saturated carbocycles. The van der Waals surface area contributed by atoms with Gasteiger partial charge in [0.1, 0.15) is 18.2 Å². The fourth-order valence-corrected chi connectivity index (χ4v) is 3.94. The number of allylic oxidation sites excluding steroid dienone is 5. The molecule has 1 aliphatic heterocycles. The maximum Gasteiger partial charge on any atom is 0.407 e. The van der Waals surface area contributed by atoms with Crippen molar-refractivity contribution < 1.29 is 33.4 Å². The minimum atomic E-state index is -0.760. The van der Waals surface area contributed by atoms with Crippen molar-refractivity contribution in [3.05, 3.63) is 71.2 Å². The van der Waals surface area contributed by atoms with E-state index in [4.69, 9.17) is 25.8 Å². The largest absolute Gasteiger partial charge is 0.490 e. The molecule has 10 nitrogen and oxygen atoms in total. The van der Waals surface area contributed by atoms with Crippen LogP contribution in [0.15, 0.2) is 71.2 Å². The van der Waals surface area contributed by atoms with Gasteiger partial charge >= 0.3 is 12.1 Å². The molecule has 1 aliphatic rings. The van der Waals surface area contributed by atoms with Gasteiger partial charge in [-0.1, -0.05) is 74.4 Å². The van der Waals surface area contributed by atoms with Gasteiger partial charge in [0, 0.05) is 43.3 Å². The van der Waals surface area contributed by atoms with Gasteiger partial charge in [-0.3, -0.25) is 9.59 Å². The van der Waals surface area contributed by atoms with Crippen LogP contribution < -0.4 is 16.0 Å². The Balaban J connectivity index is 2.64. The lowest BCUT2D eigenvalue weighted by atomic mass is 9.97. The van der Waals surface area contributed by atoms with Gasteiger partial charge in [0.05, 0.1) is 7.11 Å². The molecular formula is C31H44ClN3O7. The number of amides is 3. The molecule has 11 heteroatoms. The quantitative estimate of drug-likeness (QED) is 0.137. The Morgan fingerprint density at radius 2 is 1.83 bits per heavy atom. The Bertz CT molecular complexity index is 1120. The molecular weight excluding hydrogens is 562 g/mol. The number of esters is 1. The standard InChI is InChI=1S/C31H44ClN3O7/c1-20(2)28(29(37)34-18-10-12-24(15-14-23(5)32)41-31(39)33-6)35-27(36)13-9-8-11-21(3)19-22(4)25-16-17-26(40-7)30(38)42-25/h8-11,13-14,17-20,22,24-25,28H,12,15-16H2,1-7H3,(H,33,39)(H,34,37)(H,35,36). The average molecular weight is 606 g/mol. The Morgan fingerprint density at radius 3 is 2.43 bits per heavy atom. The van der Waals surface area contributed by atoms with Crippen LogP contribution in [0.2, 0.25) is 0 Å². The first-order chi connectivity index (χ1) is 19.9. The lowest BCUT2D eigenvalue weighted by molar-refractivity contribution is -0.151. The zero-order valence-corrected chi connectivity index (χ0v) is 26.2. The van der Waals surface area contributed by atoms with Gasteiger partial charge in [-0.05, 0) is 32.0 Å². The first-order valence-corrected chi connectivity index (χ1v) is 14.2. The van der Waals surface area contributed by atoms with Crippen LogP contribution in [-0.4, -0.2) is 56.3 Å². The van der Waals surface area contributed by atoms with Gasteiger partial charge in [-0.25, -0.2) is 9.59 Å². The summed E-state index contributed by atoms with van der Waals surface area (Å²) in [5.41, 5.74) is 0.938. The molecule has 1 heterocycles. The Morgan fingerprint density at radius 1 is 1.14 bits per heavy atom. The Labute approximate surface area is 253 Å². The van der Waals surface area contributed by atoms with Crippen molar-refractivity contribution in [2.24, 2.45) is 11.8 Å². The maximum absolute atomic E-state index is 12.7. The van der Waals surface area contributed by atoms with Gasteiger partial charge in [-0.15, -0.1) is 0 Å². The number of nitrogens with one attached hydrogen (secondary N) is 3. The highest BCUT2D eigenvalue weighted by molar-refractivity contribution is 6.29. The van der Waals surface area contributed by atoms with Crippen LogP contribution in [0.4, 0.5) is 4.79 Å². The molecule has 3 amide bonds. The van der Waals surface area contributed by atoms with E-state index in [9.17, 15) is 19.2 Å². The second-order valence-electron chi connectivity index (χ2n) is 10.1. The van der Waals surface area contributed by atoms with E-state index in [-0.39, 0.29) is 29.6 Å². The smallest absolute Gasteiger partial charge is 0.407 e. The molecule has 0 saturated heterocycles. The molecule has 4 atom stereocenters. The molecule has 0 aromatic rings. The van der Waals surface area contributed by atoms with E-state index in [1.807, 2.05) is 39.8 Å². The van der Waals surface area contributed by atoms with Crippen molar-refractivity contribution in [3.63, 3.8) is 0 Å². The van der Waals surface area contributed by atoms with E-state index < -0.39 is 30.1 Å². The summed E-state index contributed by atoms with van der Waals surface area (Å²) in [6.07, 6.45) is 15.2. The third kappa shape index (κ3) is 14.2. The fourth-order valence-electron chi connectivity index (χ4n) is 3.85. The summed E-state index contributed by atoms with van der Waals surface area (Å²) in [7, 11) is 2.91. The molecule has 0 aromatic heterocycles. The molecule has 1 rings (SSSR count). The van der Waals surface area contributed by atoms with Crippen LogP contribution in [0.3, 0.4) is 0 Å². The van der Waals surface area contributed by atoms with Crippen molar-refractivity contribution in [1.82, 2.24) is 16.0 Å². The third-order valence-electron chi connectivity index (χ3n) is 6.17. The molecule has 0 bridgehead atoms. The molecule has 0 aliphatic carbocycles. The second kappa shape index (κ2) is 19.4. The van der Waals surface area contributed by atoms with Crippen molar-refractivity contribution in [2.45, 2.75) is 72.1 Å². The summed E-state index contributed by atoms with van der Waals surface area (Å²) in [4.78, 5) is 48.7. The summed E-state index contributed by atoms with van der Waals surface area (Å²) in [6.45, 7) is 9.27. The SMILES string of the molecule is CNC(=O)OC(CC=CNC(=O)C(NC(=O)C=CC=CC(C)=CC(C)C1CC=C(OC)C(=O)O1)C(C)C)CC=C(C)Cl. The van der Waals surface area contributed by atoms with E-state index >= 15 is 0 Å². The number of carbonyl (C=O) groups is 4. The number of alkyl carbamates (subject to hydrolysis) is 1. The van der Waals surface area contributed by atoms with E-state index in [1.165, 1.54) is 26.4 Å². The summed E-state index contributed by atoms with van der Waals surface area (Å²) >= 11 is 5.88. The van der Waals surface area contributed by atoms with Crippen LogP contribution >= 0.6 is 11.6 Å². The predicted molar refractivity (Wildman–Crippen MR) is 163 cm³/mol. The number of rotatable bonds is 15. The molecule has 0 aromatic carbocycles. The van der Waals surface area contributed by atoms with Crippen LogP contribution in [-0.2, 0) is 28.6 Å². The number of carbonyl (C=O) groups excluding carboxylic acids is 4. The van der Waals surface area contributed by atoms with Gasteiger partial charge in [0.25, 0.3) is 0 Å². The van der Waals surface area contributed by atoms with Gasteiger partial charge in [-0.2, -0.15) is 0 Å². The second-order valence-corrected chi connectivity index (χ2v) is 10.7. The summed E-state index contributed by atoms with van der Waals surface area (Å²) in [6, 6.07) is -0.760. The molecule has 3 N–H and O–H groups in total. The Hall–Kier alpha value is -3.79. The number of cyclic esters (lactones) is 1. The lowest BCUT2D eigenvalue weighted by Crippen LogP contribution is -2.48. The van der Waals surface area contributed by atoms with E-state index in [0.29, 0.717) is 24.3 Å². The highest BCUT2D eigenvalue weighted by Gasteiger charge is 2.27. The minimum Gasteiger partial charge on any atom is -0.490 e. The molecule has 0 spiro atoms. The molecule has 0 radical (unpaired) electrons. The highest BCUT2D eigenvalue weighted by atomic mass is 35.5. The monoisotopic (exact) mass is 605 g/mol. The minimum absolute atomic E-state index is 0.0131. The van der Waals surface area contributed by atoms with E-state index in [1.54, 1.807) is 37.3 Å². The van der Waals surface area contributed by atoms with Crippen LogP contribution in [0.5, 0.6) is 0 Å². The van der Waals surface area contributed by atoms with Crippen LogP contribution in [0.1, 0.15) is 53.9 Å². The van der Waals surface area contributed by atoms with Crippen molar-refractivity contribution in [2.75, 3.05) is 14.2 Å². The van der Waals surface area contributed by atoms with E-state index in [2.05, 4.69) is 16.0 Å². The lowest BCUT2D eigenvalue weighted by Gasteiger charge is -2.25. The third-order valence-corrected chi connectivity index (χ3v) is 6.33. The van der Waals surface area contributed by atoms with Crippen molar-refractivity contribution in [3.8, 4) is 0 Å². The maximum atomic E-state index is 12.7. The highest BCUT2D eigenvalue weighted by Crippen LogP contribution is 2.22. The Kier molecular flexibility index (Phi) is 16.7. The van der Waals surface area contributed by atoms with Crippen LogP contribution in [0.25, 0.3) is 0 Å². The topological polar surface area (TPSA) is 132 Å². The molecule has 0 fully saturated rings. The normalized spacial score (nSPS) is 18.5.